The van der Waals surface area contributed by atoms with Gasteiger partial charge < -0.3 is 14.2 Å². The predicted octanol–water partition coefficient (Wildman–Crippen LogP) is 22.2. The number of rotatable bonds is 58. The summed E-state index contributed by atoms with van der Waals surface area (Å²) in [7, 11) is 0. The highest BCUT2D eigenvalue weighted by Gasteiger charge is 2.19. The first-order valence-electron chi connectivity index (χ1n) is 32.4. The molecule has 0 saturated heterocycles. The SMILES string of the molecule is CC/C=C\C/C=C\C/C=C\C/C=C\C/C=C\CCCCCCCCCC(=O)OCC(COC(=O)CCCCCCC/C=C\C/C=C\CCCCC)OC(=O)CCCCCCCCCCC/C=C\C/C=C\CCCCCCC. The summed E-state index contributed by atoms with van der Waals surface area (Å²) in [6.07, 6.45) is 88.0. The van der Waals surface area contributed by atoms with Crippen LogP contribution in [0.4, 0.5) is 0 Å². The van der Waals surface area contributed by atoms with Crippen LogP contribution in [0, 0.1) is 0 Å². The third kappa shape index (κ3) is 62.8. The summed E-state index contributed by atoms with van der Waals surface area (Å²) in [5.74, 6) is -0.911. The second kappa shape index (κ2) is 64.6. The van der Waals surface area contributed by atoms with Crippen molar-refractivity contribution in [1.82, 2.24) is 0 Å². The number of ether oxygens (including phenoxy) is 3. The molecule has 0 fully saturated rings. The molecule has 1 atom stereocenters. The fourth-order valence-corrected chi connectivity index (χ4v) is 8.88. The lowest BCUT2D eigenvalue weighted by atomic mass is 10.1. The minimum absolute atomic E-state index is 0.0909. The molecule has 0 aliphatic rings. The summed E-state index contributed by atoms with van der Waals surface area (Å²) < 4.78 is 16.9. The van der Waals surface area contributed by atoms with Gasteiger partial charge in [-0.25, -0.2) is 0 Å². The van der Waals surface area contributed by atoms with Crippen LogP contribution in [-0.4, -0.2) is 37.2 Å². The van der Waals surface area contributed by atoms with E-state index in [1.165, 1.54) is 135 Å². The maximum Gasteiger partial charge on any atom is 0.306 e. The summed E-state index contributed by atoms with van der Waals surface area (Å²) in [4.78, 5) is 38.4. The van der Waals surface area contributed by atoms with E-state index in [4.69, 9.17) is 14.2 Å². The first-order chi connectivity index (χ1) is 38.0. The minimum Gasteiger partial charge on any atom is -0.462 e. The van der Waals surface area contributed by atoms with Crippen molar-refractivity contribution in [2.75, 3.05) is 13.2 Å². The van der Waals surface area contributed by atoms with Crippen molar-refractivity contribution in [2.45, 2.75) is 309 Å². The number of hydrogen-bond donors (Lipinski definition) is 0. The third-order valence-corrected chi connectivity index (χ3v) is 13.7. The standard InChI is InChI=1S/C71H120O6/c1-4-7-10-13-16-19-22-25-28-30-32-34-35-37-38-40-43-46-49-52-55-58-61-64-70(73)76-67-68(66-75-69(72)63-60-57-54-51-48-45-42-27-24-21-18-15-12-9-6-3)77-71(74)65-62-59-56-53-50-47-44-41-39-36-33-31-29-26-23-20-17-14-11-8-5-2/h7,10,16,18-19,21,23,25-28,31-34,37-38,42,68H,4-6,8-9,11-15,17,20,22,24,29-30,35-36,39-41,43-67H2,1-3H3/b10-7-,19-16-,21-18-,26-23-,28-25-,33-31-,34-32-,38-37-,42-27-. The van der Waals surface area contributed by atoms with Crippen molar-refractivity contribution in [3.8, 4) is 0 Å². The van der Waals surface area contributed by atoms with Gasteiger partial charge in [0.1, 0.15) is 13.2 Å². The molecule has 0 heterocycles. The average Bonchev–Trinajstić information content (AvgIpc) is 3.43. The van der Waals surface area contributed by atoms with Gasteiger partial charge >= 0.3 is 17.9 Å². The lowest BCUT2D eigenvalue weighted by molar-refractivity contribution is -0.167. The Labute approximate surface area is 476 Å². The Morgan fingerprint density at radius 2 is 0.506 bits per heavy atom. The second-order valence-corrected chi connectivity index (χ2v) is 21.3. The lowest BCUT2D eigenvalue weighted by Crippen LogP contribution is -2.30. The van der Waals surface area contributed by atoms with Gasteiger partial charge in [-0.1, -0.05) is 265 Å². The third-order valence-electron chi connectivity index (χ3n) is 13.7. The van der Waals surface area contributed by atoms with Crippen molar-refractivity contribution in [2.24, 2.45) is 0 Å². The van der Waals surface area contributed by atoms with E-state index in [1.54, 1.807) is 0 Å². The molecule has 0 rings (SSSR count). The molecule has 6 heteroatoms. The van der Waals surface area contributed by atoms with Crippen molar-refractivity contribution in [3.05, 3.63) is 109 Å². The Morgan fingerprint density at radius 1 is 0.273 bits per heavy atom. The van der Waals surface area contributed by atoms with Crippen LogP contribution in [0.2, 0.25) is 0 Å². The lowest BCUT2D eigenvalue weighted by Gasteiger charge is -2.18. The monoisotopic (exact) mass is 1070 g/mol. The predicted molar refractivity (Wildman–Crippen MR) is 334 cm³/mol. The van der Waals surface area contributed by atoms with E-state index in [2.05, 4.69) is 130 Å². The van der Waals surface area contributed by atoms with E-state index in [1.807, 2.05) is 0 Å². The van der Waals surface area contributed by atoms with Gasteiger partial charge in [-0.2, -0.15) is 0 Å². The minimum atomic E-state index is -0.795. The highest BCUT2D eigenvalue weighted by atomic mass is 16.6. The molecule has 0 aromatic heterocycles. The first-order valence-corrected chi connectivity index (χ1v) is 32.4. The molecule has 0 aliphatic heterocycles. The normalized spacial score (nSPS) is 12.8. The summed E-state index contributed by atoms with van der Waals surface area (Å²) in [5.41, 5.74) is 0. The zero-order valence-corrected chi connectivity index (χ0v) is 50.4. The first kappa shape index (κ1) is 73.1. The molecule has 6 nitrogen and oxygen atoms in total. The molecule has 0 spiro atoms. The molecule has 0 aromatic rings. The zero-order chi connectivity index (χ0) is 55.7. The van der Waals surface area contributed by atoms with Crippen LogP contribution in [0.1, 0.15) is 303 Å². The van der Waals surface area contributed by atoms with E-state index >= 15 is 0 Å². The van der Waals surface area contributed by atoms with Gasteiger partial charge in [-0.05, 0) is 128 Å². The van der Waals surface area contributed by atoms with Gasteiger partial charge in [-0.15, -0.1) is 0 Å². The van der Waals surface area contributed by atoms with Crippen LogP contribution in [0.15, 0.2) is 109 Å². The van der Waals surface area contributed by atoms with Gasteiger partial charge in [0.05, 0.1) is 0 Å². The number of allylic oxidation sites excluding steroid dienone is 18. The van der Waals surface area contributed by atoms with Gasteiger partial charge in [0.25, 0.3) is 0 Å². The van der Waals surface area contributed by atoms with Crippen LogP contribution in [0.3, 0.4) is 0 Å². The molecule has 0 N–H and O–H groups in total. The van der Waals surface area contributed by atoms with Crippen molar-refractivity contribution >= 4 is 17.9 Å². The molecule has 0 aliphatic carbocycles. The van der Waals surface area contributed by atoms with Gasteiger partial charge in [0.15, 0.2) is 6.10 Å². The molecular weight excluding hydrogens is 949 g/mol. The van der Waals surface area contributed by atoms with Crippen molar-refractivity contribution < 1.29 is 28.6 Å². The molecule has 440 valence electrons. The van der Waals surface area contributed by atoms with Crippen molar-refractivity contribution in [3.63, 3.8) is 0 Å². The fraction of sp³-hybridized carbons (Fsp3) is 0.704. The molecule has 0 aromatic carbocycles. The highest BCUT2D eigenvalue weighted by molar-refractivity contribution is 5.71. The summed E-state index contributed by atoms with van der Waals surface area (Å²) in [5, 5.41) is 0. The molecule has 77 heavy (non-hydrogen) atoms. The van der Waals surface area contributed by atoms with E-state index in [0.717, 1.165) is 128 Å². The molecule has 0 saturated carbocycles. The Kier molecular flexibility index (Phi) is 61.3. The molecular formula is C71H120O6. The summed E-state index contributed by atoms with van der Waals surface area (Å²) in [6.45, 7) is 6.49. The van der Waals surface area contributed by atoms with Crippen LogP contribution >= 0.6 is 0 Å². The van der Waals surface area contributed by atoms with Crippen LogP contribution < -0.4 is 0 Å². The molecule has 0 amide bonds. The van der Waals surface area contributed by atoms with Crippen LogP contribution in [0.5, 0.6) is 0 Å². The van der Waals surface area contributed by atoms with Gasteiger partial charge in [0, 0.05) is 19.3 Å². The van der Waals surface area contributed by atoms with E-state index < -0.39 is 6.10 Å². The molecule has 1 unspecified atom stereocenters. The Bertz CT molecular complexity index is 1560. The van der Waals surface area contributed by atoms with Gasteiger partial charge in [-0.3, -0.25) is 14.4 Å². The fourth-order valence-electron chi connectivity index (χ4n) is 8.88. The maximum absolute atomic E-state index is 12.9. The van der Waals surface area contributed by atoms with E-state index in [9.17, 15) is 14.4 Å². The van der Waals surface area contributed by atoms with Crippen LogP contribution in [0.25, 0.3) is 0 Å². The number of esters is 3. The smallest absolute Gasteiger partial charge is 0.306 e. The van der Waals surface area contributed by atoms with Crippen molar-refractivity contribution in [1.29, 1.82) is 0 Å². The zero-order valence-electron chi connectivity index (χ0n) is 50.4. The van der Waals surface area contributed by atoms with Crippen LogP contribution in [-0.2, 0) is 28.6 Å². The summed E-state index contributed by atoms with van der Waals surface area (Å²) in [6, 6.07) is 0. The maximum atomic E-state index is 12.9. The summed E-state index contributed by atoms with van der Waals surface area (Å²) >= 11 is 0. The number of carbonyl (C=O) groups is 3. The Balaban J connectivity index is 4.41. The quantitative estimate of drug-likeness (QED) is 0.0261. The molecule has 0 radical (unpaired) electrons. The van der Waals surface area contributed by atoms with E-state index in [0.29, 0.717) is 19.3 Å². The number of carbonyl (C=O) groups excluding carboxylic acids is 3. The van der Waals surface area contributed by atoms with Gasteiger partial charge in [0.2, 0.25) is 0 Å². The average molecular weight is 1070 g/mol. The number of hydrogen-bond acceptors (Lipinski definition) is 6. The molecule has 0 bridgehead atoms. The largest absolute Gasteiger partial charge is 0.462 e. The second-order valence-electron chi connectivity index (χ2n) is 21.3. The Hall–Kier alpha value is -3.93. The Morgan fingerprint density at radius 3 is 0.818 bits per heavy atom. The number of unbranched alkanes of at least 4 members (excludes halogenated alkanes) is 29. The van der Waals surface area contributed by atoms with E-state index in [-0.39, 0.29) is 31.1 Å². The highest BCUT2D eigenvalue weighted by Crippen LogP contribution is 2.15. The topological polar surface area (TPSA) is 78.9 Å².